The van der Waals surface area contributed by atoms with Gasteiger partial charge in [0, 0.05) is 36.1 Å². The molecular weight excluding hydrogens is 258 g/mol. The number of benzene rings is 1. The van der Waals surface area contributed by atoms with E-state index in [9.17, 15) is 9.59 Å². The van der Waals surface area contributed by atoms with Crippen molar-refractivity contribution < 1.29 is 14.3 Å². The van der Waals surface area contributed by atoms with Gasteiger partial charge in [0.05, 0.1) is 0 Å². The van der Waals surface area contributed by atoms with E-state index in [0.29, 0.717) is 12.3 Å². The van der Waals surface area contributed by atoms with Gasteiger partial charge in [0.25, 0.3) is 0 Å². The Morgan fingerprint density at radius 3 is 2.30 bits per heavy atom. The molecule has 1 saturated heterocycles. The lowest BCUT2D eigenvalue weighted by Crippen LogP contribution is -2.21. The van der Waals surface area contributed by atoms with E-state index >= 15 is 0 Å². The quantitative estimate of drug-likeness (QED) is 0.758. The molecule has 0 saturated carbocycles. The zero-order valence-corrected chi connectivity index (χ0v) is 11.2. The van der Waals surface area contributed by atoms with Crippen molar-refractivity contribution in [3.05, 3.63) is 29.3 Å². The fraction of sp³-hybridized carbons (Fsp3) is 0.429. The number of anilines is 1. The maximum atomic E-state index is 11.3. The highest BCUT2D eigenvalue weighted by atomic mass is 16.5. The summed E-state index contributed by atoms with van der Waals surface area (Å²) in [6.45, 7) is 1.47. The zero-order valence-electron chi connectivity index (χ0n) is 11.2. The zero-order chi connectivity index (χ0) is 14.5. The third kappa shape index (κ3) is 3.71. The van der Waals surface area contributed by atoms with Crippen LogP contribution in [0, 0.1) is 0 Å². The molecule has 0 bridgehead atoms. The fourth-order valence-corrected chi connectivity index (χ4v) is 2.28. The second kappa shape index (κ2) is 6.38. The molecule has 20 heavy (non-hydrogen) atoms. The molecule has 1 heterocycles. The number of ether oxygens (including phenoxy) is 1. The SMILES string of the molecule is NC(=O)c1cc(NC2CCCOCC2)cc(C(N)=O)c1. The molecule has 1 fully saturated rings. The number of carbonyl (C=O) groups excluding carboxylic acids is 2. The Balaban J connectivity index is 2.21. The van der Waals surface area contributed by atoms with Gasteiger partial charge in [-0.15, -0.1) is 0 Å². The molecule has 108 valence electrons. The molecule has 1 aromatic rings. The van der Waals surface area contributed by atoms with Crippen molar-refractivity contribution in [2.24, 2.45) is 11.5 Å². The molecule has 0 aliphatic carbocycles. The minimum atomic E-state index is -0.583. The molecule has 6 heteroatoms. The fourth-order valence-electron chi connectivity index (χ4n) is 2.28. The lowest BCUT2D eigenvalue weighted by molar-refractivity contribution is 0.0999. The molecule has 2 amide bonds. The van der Waals surface area contributed by atoms with Crippen molar-refractivity contribution in [1.82, 2.24) is 0 Å². The van der Waals surface area contributed by atoms with Crippen LogP contribution in [-0.4, -0.2) is 31.1 Å². The lowest BCUT2D eigenvalue weighted by atomic mass is 10.1. The standard InChI is InChI=1S/C14H19N3O3/c15-13(18)9-6-10(14(16)19)8-12(7-9)17-11-2-1-4-20-5-3-11/h6-8,11,17H,1-5H2,(H2,15,18)(H2,16,19). The van der Waals surface area contributed by atoms with Gasteiger partial charge in [0.2, 0.25) is 11.8 Å². The molecule has 0 radical (unpaired) electrons. The normalized spacial score (nSPS) is 19.1. The van der Waals surface area contributed by atoms with Crippen LogP contribution in [0.15, 0.2) is 18.2 Å². The van der Waals surface area contributed by atoms with Gasteiger partial charge in [-0.1, -0.05) is 0 Å². The van der Waals surface area contributed by atoms with Crippen molar-refractivity contribution >= 4 is 17.5 Å². The third-order valence-corrected chi connectivity index (χ3v) is 3.32. The molecule has 1 atom stereocenters. The average Bonchev–Trinajstić information content (AvgIpc) is 2.67. The number of nitrogens with one attached hydrogen (secondary N) is 1. The first kappa shape index (κ1) is 14.3. The van der Waals surface area contributed by atoms with Gasteiger partial charge < -0.3 is 21.5 Å². The van der Waals surface area contributed by atoms with Gasteiger partial charge in [-0.25, -0.2) is 0 Å². The van der Waals surface area contributed by atoms with Gasteiger partial charge in [-0.3, -0.25) is 9.59 Å². The highest BCUT2D eigenvalue weighted by Crippen LogP contribution is 2.19. The van der Waals surface area contributed by atoms with E-state index in [4.69, 9.17) is 16.2 Å². The van der Waals surface area contributed by atoms with Gasteiger partial charge >= 0.3 is 0 Å². The summed E-state index contributed by atoms with van der Waals surface area (Å²) >= 11 is 0. The number of carbonyl (C=O) groups is 2. The summed E-state index contributed by atoms with van der Waals surface area (Å²) in [4.78, 5) is 22.6. The van der Waals surface area contributed by atoms with Crippen molar-refractivity contribution in [2.45, 2.75) is 25.3 Å². The number of amides is 2. The van der Waals surface area contributed by atoms with Crippen molar-refractivity contribution in [1.29, 1.82) is 0 Å². The van der Waals surface area contributed by atoms with Crippen LogP contribution >= 0.6 is 0 Å². The van der Waals surface area contributed by atoms with Crippen LogP contribution in [0.25, 0.3) is 0 Å². The number of primary amides is 2. The van der Waals surface area contributed by atoms with E-state index in [2.05, 4.69) is 5.32 Å². The van der Waals surface area contributed by atoms with E-state index in [1.807, 2.05) is 0 Å². The first-order valence-electron chi connectivity index (χ1n) is 6.65. The first-order chi connectivity index (χ1) is 9.56. The maximum absolute atomic E-state index is 11.3. The van der Waals surface area contributed by atoms with Crippen LogP contribution in [0.4, 0.5) is 5.69 Å². The average molecular weight is 277 g/mol. The van der Waals surface area contributed by atoms with Gasteiger partial charge in [0.1, 0.15) is 0 Å². The van der Waals surface area contributed by atoms with Gasteiger partial charge in [-0.05, 0) is 37.5 Å². The predicted octanol–water partition coefficient (Wildman–Crippen LogP) is 0.865. The summed E-state index contributed by atoms with van der Waals surface area (Å²) in [7, 11) is 0. The Labute approximate surface area is 117 Å². The van der Waals surface area contributed by atoms with Crippen molar-refractivity contribution in [3.8, 4) is 0 Å². The largest absolute Gasteiger partial charge is 0.382 e. The first-order valence-corrected chi connectivity index (χ1v) is 6.65. The smallest absolute Gasteiger partial charge is 0.248 e. The third-order valence-electron chi connectivity index (χ3n) is 3.32. The summed E-state index contributed by atoms with van der Waals surface area (Å²) in [6.07, 6.45) is 2.84. The highest BCUT2D eigenvalue weighted by molar-refractivity contribution is 5.99. The Kier molecular flexibility index (Phi) is 4.57. The topological polar surface area (TPSA) is 107 Å². The summed E-state index contributed by atoms with van der Waals surface area (Å²) in [5, 5.41) is 3.32. The summed E-state index contributed by atoms with van der Waals surface area (Å²) in [5.74, 6) is -1.17. The lowest BCUT2D eigenvalue weighted by Gasteiger charge is -2.18. The van der Waals surface area contributed by atoms with Crippen LogP contribution in [-0.2, 0) is 4.74 Å². The molecule has 6 nitrogen and oxygen atoms in total. The predicted molar refractivity (Wildman–Crippen MR) is 75.6 cm³/mol. The molecule has 1 unspecified atom stereocenters. The highest BCUT2D eigenvalue weighted by Gasteiger charge is 2.14. The van der Waals surface area contributed by atoms with E-state index in [1.54, 1.807) is 12.1 Å². The maximum Gasteiger partial charge on any atom is 0.248 e. The molecule has 2 rings (SSSR count). The Bertz CT molecular complexity index is 476. The molecule has 0 spiro atoms. The number of rotatable bonds is 4. The van der Waals surface area contributed by atoms with E-state index in [1.165, 1.54) is 6.07 Å². The Morgan fingerprint density at radius 1 is 1.05 bits per heavy atom. The van der Waals surface area contributed by atoms with Crippen molar-refractivity contribution in [3.63, 3.8) is 0 Å². The Hall–Kier alpha value is -2.08. The molecule has 5 N–H and O–H groups in total. The van der Waals surface area contributed by atoms with Crippen LogP contribution < -0.4 is 16.8 Å². The van der Waals surface area contributed by atoms with E-state index in [0.717, 1.165) is 25.9 Å². The minimum absolute atomic E-state index is 0.251. The van der Waals surface area contributed by atoms with E-state index < -0.39 is 11.8 Å². The summed E-state index contributed by atoms with van der Waals surface area (Å²) < 4.78 is 5.40. The monoisotopic (exact) mass is 277 g/mol. The Morgan fingerprint density at radius 2 is 1.70 bits per heavy atom. The molecule has 1 aromatic carbocycles. The van der Waals surface area contributed by atoms with E-state index in [-0.39, 0.29) is 17.2 Å². The van der Waals surface area contributed by atoms with Gasteiger partial charge in [0.15, 0.2) is 0 Å². The number of hydrogen-bond acceptors (Lipinski definition) is 4. The van der Waals surface area contributed by atoms with Crippen LogP contribution in [0.5, 0.6) is 0 Å². The van der Waals surface area contributed by atoms with Gasteiger partial charge in [-0.2, -0.15) is 0 Å². The van der Waals surface area contributed by atoms with Crippen molar-refractivity contribution in [2.75, 3.05) is 18.5 Å². The minimum Gasteiger partial charge on any atom is -0.382 e. The van der Waals surface area contributed by atoms with Crippen LogP contribution in [0.2, 0.25) is 0 Å². The second-order valence-electron chi connectivity index (χ2n) is 4.91. The summed E-state index contributed by atoms with van der Waals surface area (Å²) in [5.41, 5.74) is 11.8. The number of nitrogens with two attached hydrogens (primary N) is 2. The van der Waals surface area contributed by atoms with Crippen LogP contribution in [0.1, 0.15) is 40.0 Å². The molecular formula is C14H19N3O3. The number of hydrogen-bond donors (Lipinski definition) is 3. The second-order valence-corrected chi connectivity index (χ2v) is 4.91. The van der Waals surface area contributed by atoms with Crippen LogP contribution in [0.3, 0.4) is 0 Å². The summed E-state index contributed by atoms with van der Waals surface area (Å²) in [6, 6.07) is 4.94. The molecule has 1 aliphatic heterocycles. The molecule has 1 aliphatic rings. The molecule has 0 aromatic heterocycles.